The SMILES string of the molecule is CCCCCN(c1ccc(C=O)c(Cl)c1)C(C)C. The van der Waals surface area contributed by atoms with Crippen LogP contribution in [0.1, 0.15) is 50.4 Å². The maximum Gasteiger partial charge on any atom is 0.151 e. The van der Waals surface area contributed by atoms with E-state index in [1.165, 1.54) is 19.3 Å². The van der Waals surface area contributed by atoms with Crippen molar-refractivity contribution < 1.29 is 4.79 Å². The first-order valence-corrected chi connectivity index (χ1v) is 6.99. The number of halogens is 1. The lowest BCUT2D eigenvalue weighted by Crippen LogP contribution is -2.31. The molecule has 1 aromatic carbocycles. The Morgan fingerprint density at radius 3 is 2.56 bits per heavy atom. The standard InChI is InChI=1S/C15H22ClNO/c1-4-5-6-9-17(12(2)3)14-8-7-13(11-18)15(16)10-14/h7-8,10-12H,4-6,9H2,1-3H3. The van der Waals surface area contributed by atoms with Crippen LogP contribution in [0.25, 0.3) is 0 Å². The molecular weight excluding hydrogens is 246 g/mol. The summed E-state index contributed by atoms with van der Waals surface area (Å²) < 4.78 is 0. The predicted octanol–water partition coefficient (Wildman–Crippen LogP) is 4.56. The van der Waals surface area contributed by atoms with Crippen LogP contribution in [0, 0.1) is 0 Å². The lowest BCUT2D eigenvalue weighted by molar-refractivity contribution is 0.112. The summed E-state index contributed by atoms with van der Waals surface area (Å²) in [6.45, 7) is 7.58. The maximum atomic E-state index is 10.8. The van der Waals surface area contributed by atoms with Crippen molar-refractivity contribution in [3.8, 4) is 0 Å². The summed E-state index contributed by atoms with van der Waals surface area (Å²) in [7, 11) is 0. The van der Waals surface area contributed by atoms with Crippen molar-refractivity contribution in [1.82, 2.24) is 0 Å². The molecule has 1 aromatic rings. The van der Waals surface area contributed by atoms with Gasteiger partial charge in [-0.25, -0.2) is 0 Å². The van der Waals surface area contributed by atoms with Gasteiger partial charge in [-0.3, -0.25) is 4.79 Å². The molecule has 0 aliphatic carbocycles. The van der Waals surface area contributed by atoms with Gasteiger partial charge in [-0.15, -0.1) is 0 Å². The lowest BCUT2D eigenvalue weighted by atomic mass is 10.1. The third-order valence-electron chi connectivity index (χ3n) is 3.07. The first kappa shape index (κ1) is 15.0. The molecule has 0 spiro atoms. The zero-order chi connectivity index (χ0) is 13.5. The number of rotatable bonds is 7. The zero-order valence-electron chi connectivity index (χ0n) is 11.4. The molecule has 0 N–H and O–H groups in total. The molecule has 0 unspecified atom stereocenters. The molecule has 100 valence electrons. The van der Waals surface area contributed by atoms with Crippen molar-refractivity contribution in [1.29, 1.82) is 0 Å². The Morgan fingerprint density at radius 1 is 1.33 bits per heavy atom. The second kappa shape index (κ2) is 7.42. The van der Waals surface area contributed by atoms with Gasteiger partial charge in [0.15, 0.2) is 6.29 Å². The molecule has 0 saturated carbocycles. The molecule has 0 atom stereocenters. The van der Waals surface area contributed by atoms with Gasteiger partial charge in [0.1, 0.15) is 0 Å². The molecule has 0 aliphatic rings. The molecule has 0 aromatic heterocycles. The lowest BCUT2D eigenvalue weighted by Gasteiger charge is -2.29. The van der Waals surface area contributed by atoms with Gasteiger partial charge in [0, 0.05) is 23.8 Å². The molecule has 1 rings (SSSR count). The molecule has 0 radical (unpaired) electrons. The van der Waals surface area contributed by atoms with Crippen LogP contribution in [0.4, 0.5) is 5.69 Å². The number of nitrogens with zero attached hydrogens (tertiary/aromatic N) is 1. The molecule has 18 heavy (non-hydrogen) atoms. The Kier molecular flexibility index (Phi) is 6.20. The summed E-state index contributed by atoms with van der Waals surface area (Å²) in [5.74, 6) is 0. The van der Waals surface area contributed by atoms with Crippen molar-refractivity contribution in [2.24, 2.45) is 0 Å². The number of carbonyl (C=O) groups is 1. The highest BCUT2D eigenvalue weighted by Gasteiger charge is 2.11. The van der Waals surface area contributed by atoms with Crippen LogP contribution in [-0.4, -0.2) is 18.9 Å². The number of anilines is 1. The van der Waals surface area contributed by atoms with Crippen LogP contribution in [0.3, 0.4) is 0 Å². The average molecular weight is 268 g/mol. The van der Waals surface area contributed by atoms with Gasteiger partial charge < -0.3 is 4.90 Å². The van der Waals surface area contributed by atoms with Crippen molar-refractivity contribution in [2.45, 2.75) is 46.1 Å². The van der Waals surface area contributed by atoms with Gasteiger partial charge >= 0.3 is 0 Å². The Hall–Kier alpha value is -1.02. The van der Waals surface area contributed by atoms with Gasteiger partial charge in [-0.2, -0.15) is 0 Å². The van der Waals surface area contributed by atoms with Crippen molar-refractivity contribution in [2.75, 3.05) is 11.4 Å². The summed E-state index contributed by atoms with van der Waals surface area (Å²) in [6.07, 6.45) is 4.44. The van der Waals surface area contributed by atoms with Crippen molar-refractivity contribution in [3.63, 3.8) is 0 Å². The first-order chi connectivity index (χ1) is 8.60. The molecule has 0 amide bonds. The quantitative estimate of drug-likeness (QED) is 0.533. The summed E-state index contributed by atoms with van der Waals surface area (Å²) in [6, 6.07) is 6.08. The Balaban J connectivity index is 2.85. The molecule has 0 heterocycles. The van der Waals surface area contributed by atoms with Gasteiger partial charge in [0.2, 0.25) is 0 Å². The van der Waals surface area contributed by atoms with Gasteiger partial charge in [-0.1, -0.05) is 31.4 Å². The average Bonchev–Trinajstić information content (AvgIpc) is 2.34. The van der Waals surface area contributed by atoms with E-state index in [1.54, 1.807) is 6.07 Å². The Bertz CT molecular complexity index is 390. The minimum absolute atomic E-state index is 0.431. The van der Waals surface area contributed by atoms with Crippen LogP contribution in [-0.2, 0) is 0 Å². The Morgan fingerprint density at radius 2 is 2.06 bits per heavy atom. The second-order valence-corrected chi connectivity index (χ2v) is 5.23. The number of hydrogen-bond acceptors (Lipinski definition) is 2. The molecule has 3 heteroatoms. The maximum absolute atomic E-state index is 10.8. The number of benzene rings is 1. The van der Waals surface area contributed by atoms with Gasteiger partial charge in [-0.05, 0) is 38.5 Å². The second-order valence-electron chi connectivity index (χ2n) is 4.82. The molecule has 0 saturated heterocycles. The summed E-state index contributed by atoms with van der Waals surface area (Å²) in [5, 5.41) is 0.531. The van der Waals surface area contributed by atoms with Crippen LogP contribution in [0.5, 0.6) is 0 Å². The third kappa shape index (κ3) is 4.02. The van der Waals surface area contributed by atoms with Crippen LogP contribution >= 0.6 is 11.6 Å². The molecule has 2 nitrogen and oxygen atoms in total. The van der Waals surface area contributed by atoms with E-state index in [2.05, 4.69) is 25.7 Å². The number of unbranched alkanes of at least 4 members (excludes halogenated alkanes) is 2. The number of aldehydes is 1. The van der Waals surface area contributed by atoms with Crippen LogP contribution in [0.15, 0.2) is 18.2 Å². The van der Waals surface area contributed by atoms with E-state index in [9.17, 15) is 4.79 Å². The topological polar surface area (TPSA) is 20.3 Å². The fourth-order valence-corrected chi connectivity index (χ4v) is 2.23. The van der Waals surface area contributed by atoms with Gasteiger partial charge in [0.05, 0.1) is 5.02 Å². The highest BCUT2D eigenvalue weighted by Crippen LogP contribution is 2.24. The van der Waals surface area contributed by atoms with E-state index < -0.39 is 0 Å². The summed E-state index contributed by atoms with van der Waals surface area (Å²) in [5.41, 5.74) is 1.65. The monoisotopic (exact) mass is 267 g/mol. The van der Waals surface area contributed by atoms with Crippen molar-refractivity contribution >= 4 is 23.6 Å². The van der Waals surface area contributed by atoms with E-state index in [-0.39, 0.29) is 0 Å². The first-order valence-electron chi connectivity index (χ1n) is 6.61. The van der Waals surface area contributed by atoms with E-state index in [1.807, 2.05) is 12.1 Å². The van der Waals surface area contributed by atoms with E-state index >= 15 is 0 Å². The summed E-state index contributed by atoms with van der Waals surface area (Å²) in [4.78, 5) is 13.1. The van der Waals surface area contributed by atoms with Crippen LogP contribution in [0.2, 0.25) is 5.02 Å². The largest absolute Gasteiger partial charge is 0.369 e. The Labute approximate surface area is 115 Å². The molecule has 0 aliphatic heterocycles. The highest BCUT2D eigenvalue weighted by molar-refractivity contribution is 6.33. The highest BCUT2D eigenvalue weighted by atomic mass is 35.5. The van der Waals surface area contributed by atoms with E-state index in [0.29, 0.717) is 16.6 Å². The fraction of sp³-hybridized carbons (Fsp3) is 0.533. The number of carbonyl (C=O) groups excluding carboxylic acids is 1. The van der Waals surface area contributed by atoms with E-state index in [4.69, 9.17) is 11.6 Å². The normalized spacial score (nSPS) is 10.7. The smallest absolute Gasteiger partial charge is 0.151 e. The third-order valence-corrected chi connectivity index (χ3v) is 3.40. The van der Waals surface area contributed by atoms with Crippen LogP contribution < -0.4 is 4.90 Å². The van der Waals surface area contributed by atoms with E-state index in [0.717, 1.165) is 18.5 Å². The molecule has 0 bridgehead atoms. The predicted molar refractivity (Wildman–Crippen MR) is 78.8 cm³/mol. The zero-order valence-corrected chi connectivity index (χ0v) is 12.2. The summed E-state index contributed by atoms with van der Waals surface area (Å²) >= 11 is 6.08. The van der Waals surface area contributed by atoms with Crippen molar-refractivity contribution in [3.05, 3.63) is 28.8 Å². The fourth-order valence-electron chi connectivity index (χ4n) is 2.01. The minimum Gasteiger partial charge on any atom is -0.369 e. The molecular formula is C15H22ClNO. The molecule has 0 fully saturated rings. The van der Waals surface area contributed by atoms with Gasteiger partial charge in [0.25, 0.3) is 0 Å². The minimum atomic E-state index is 0.431. The number of hydrogen-bond donors (Lipinski definition) is 0.